The van der Waals surface area contributed by atoms with Gasteiger partial charge >= 0.3 is 0 Å². The molecule has 1 heterocycles. The van der Waals surface area contributed by atoms with Gasteiger partial charge in [-0.15, -0.1) is 0 Å². The molecule has 122 valence electrons. The molecule has 1 aromatic rings. The molecule has 22 heavy (non-hydrogen) atoms. The van der Waals surface area contributed by atoms with Gasteiger partial charge in [0.05, 0.1) is 18.0 Å². The van der Waals surface area contributed by atoms with Crippen LogP contribution < -0.4 is 14.4 Å². The summed E-state index contributed by atoms with van der Waals surface area (Å²) in [4.78, 5) is 13.7. The molecule has 1 unspecified atom stereocenters. The van der Waals surface area contributed by atoms with Crippen molar-refractivity contribution in [3.63, 3.8) is 0 Å². The first-order valence-electron chi connectivity index (χ1n) is 7.00. The van der Waals surface area contributed by atoms with Gasteiger partial charge in [-0.2, -0.15) is 11.8 Å². The average molecular weight is 390 g/mol. The number of thioether (sulfide) groups is 1. The van der Waals surface area contributed by atoms with Crippen molar-refractivity contribution < 1.29 is 19.4 Å². The predicted molar refractivity (Wildman–Crippen MR) is 92.6 cm³/mol. The summed E-state index contributed by atoms with van der Waals surface area (Å²) < 4.78 is 10.9. The number of benzene rings is 1. The Balaban J connectivity index is 2.09. The molecular formula is C15H20BrNO4S. The third-order valence-electron chi connectivity index (χ3n) is 3.39. The van der Waals surface area contributed by atoms with E-state index in [2.05, 4.69) is 15.9 Å². The first kappa shape index (κ1) is 17.4. The Kier molecular flexibility index (Phi) is 6.40. The number of carbonyl (C=O) groups is 1. The summed E-state index contributed by atoms with van der Waals surface area (Å²) >= 11 is 4.93. The third-order valence-corrected chi connectivity index (χ3v) is 4.96. The van der Waals surface area contributed by atoms with Crippen molar-refractivity contribution in [1.29, 1.82) is 0 Å². The molecule has 1 saturated heterocycles. The molecular weight excluding hydrogens is 370 g/mol. The van der Waals surface area contributed by atoms with Gasteiger partial charge in [0.2, 0.25) is 5.91 Å². The van der Waals surface area contributed by atoms with Crippen LogP contribution in [0.3, 0.4) is 0 Å². The van der Waals surface area contributed by atoms with Gasteiger partial charge < -0.3 is 19.5 Å². The Hall–Kier alpha value is -0.920. The molecule has 0 radical (unpaired) electrons. The Morgan fingerprint density at radius 2 is 2.27 bits per heavy atom. The molecule has 0 spiro atoms. The summed E-state index contributed by atoms with van der Waals surface area (Å²) in [7, 11) is 1.56. The molecule has 7 heteroatoms. The lowest BCUT2D eigenvalue weighted by molar-refractivity contribution is -0.116. The van der Waals surface area contributed by atoms with E-state index in [-0.39, 0.29) is 17.3 Å². The average Bonchev–Trinajstić information content (AvgIpc) is 2.85. The van der Waals surface area contributed by atoms with E-state index in [1.165, 1.54) is 0 Å². The molecule has 1 N–H and O–H groups in total. The molecule has 2 atom stereocenters. The second kappa shape index (κ2) is 8.08. The van der Waals surface area contributed by atoms with Gasteiger partial charge in [0.25, 0.3) is 0 Å². The van der Waals surface area contributed by atoms with Gasteiger partial charge in [0.1, 0.15) is 6.61 Å². The SMILES string of the molecule is COc1cc(N2CCC(Br)C2=O)ccc1OC[C@H](O)CSC. The van der Waals surface area contributed by atoms with Gasteiger partial charge in [-0.1, -0.05) is 15.9 Å². The fourth-order valence-corrected chi connectivity index (χ4v) is 3.20. The van der Waals surface area contributed by atoms with Gasteiger partial charge in [-0.25, -0.2) is 0 Å². The van der Waals surface area contributed by atoms with Crippen molar-refractivity contribution in [2.24, 2.45) is 0 Å². The lowest BCUT2D eigenvalue weighted by atomic mass is 10.2. The number of methoxy groups -OCH3 is 1. The topological polar surface area (TPSA) is 59.0 Å². The molecule has 1 aliphatic heterocycles. The first-order chi connectivity index (χ1) is 10.6. The number of aliphatic hydroxyl groups excluding tert-OH is 1. The zero-order valence-electron chi connectivity index (χ0n) is 12.6. The Labute approximate surface area is 143 Å². The zero-order chi connectivity index (χ0) is 16.1. The van der Waals surface area contributed by atoms with Crippen LogP contribution in [-0.4, -0.2) is 54.2 Å². The fourth-order valence-electron chi connectivity index (χ4n) is 2.27. The van der Waals surface area contributed by atoms with Crippen LogP contribution in [0.25, 0.3) is 0 Å². The number of rotatable bonds is 7. The highest BCUT2D eigenvalue weighted by molar-refractivity contribution is 9.10. The maximum absolute atomic E-state index is 12.0. The number of amides is 1. The molecule has 1 fully saturated rings. The van der Waals surface area contributed by atoms with E-state index in [0.29, 0.717) is 23.8 Å². The van der Waals surface area contributed by atoms with Crippen LogP contribution in [0, 0.1) is 0 Å². The lowest BCUT2D eigenvalue weighted by Gasteiger charge is -2.19. The number of halogens is 1. The highest BCUT2D eigenvalue weighted by atomic mass is 79.9. The van der Waals surface area contributed by atoms with Crippen LogP contribution in [0.2, 0.25) is 0 Å². The van der Waals surface area contributed by atoms with Crippen molar-refractivity contribution in [2.75, 3.05) is 37.2 Å². The molecule has 1 aliphatic rings. The largest absolute Gasteiger partial charge is 0.493 e. The van der Waals surface area contributed by atoms with Gasteiger partial charge in [0, 0.05) is 24.1 Å². The quantitative estimate of drug-likeness (QED) is 0.725. The van der Waals surface area contributed by atoms with E-state index < -0.39 is 6.10 Å². The molecule has 5 nitrogen and oxygen atoms in total. The fraction of sp³-hybridized carbons (Fsp3) is 0.533. The van der Waals surface area contributed by atoms with Crippen molar-refractivity contribution in [1.82, 2.24) is 0 Å². The molecule has 0 saturated carbocycles. The Bertz CT molecular complexity index is 528. The summed E-state index contributed by atoms with van der Waals surface area (Å²) in [5.74, 6) is 1.80. The van der Waals surface area contributed by atoms with E-state index in [9.17, 15) is 9.90 Å². The smallest absolute Gasteiger partial charge is 0.240 e. The number of hydrogen-bond donors (Lipinski definition) is 1. The first-order valence-corrected chi connectivity index (χ1v) is 9.31. The van der Waals surface area contributed by atoms with Crippen LogP contribution in [0.5, 0.6) is 11.5 Å². The van der Waals surface area contributed by atoms with E-state index in [4.69, 9.17) is 9.47 Å². The third kappa shape index (κ3) is 4.08. The van der Waals surface area contributed by atoms with Crippen LogP contribution in [0.1, 0.15) is 6.42 Å². The maximum Gasteiger partial charge on any atom is 0.240 e. The number of anilines is 1. The monoisotopic (exact) mass is 389 g/mol. The predicted octanol–water partition coefficient (Wildman–Crippen LogP) is 2.30. The summed E-state index contributed by atoms with van der Waals surface area (Å²) in [6, 6.07) is 5.40. The van der Waals surface area contributed by atoms with E-state index >= 15 is 0 Å². The molecule has 1 amide bonds. The van der Waals surface area contributed by atoms with Gasteiger partial charge in [0.15, 0.2) is 11.5 Å². The minimum absolute atomic E-state index is 0.0612. The maximum atomic E-state index is 12.0. The van der Waals surface area contributed by atoms with E-state index in [1.54, 1.807) is 35.9 Å². The van der Waals surface area contributed by atoms with Crippen molar-refractivity contribution in [2.45, 2.75) is 17.4 Å². The van der Waals surface area contributed by atoms with Crippen LogP contribution in [0.4, 0.5) is 5.69 Å². The number of carbonyl (C=O) groups excluding carboxylic acids is 1. The Morgan fingerprint density at radius 1 is 1.50 bits per heavy atom. The van der Waals surface area contributed by atoms with Crippen molar-refractivity contribution >= 4 is 39.3 Å². The zero-order valence-corrected chi connectivity index (χ0v) is 15.0. The molecule has 2 rings (SSSR count). The number of alkyl halides is 1. The highest BCUT2D eigenvalue weighted by Crippen LogP contribution is 2.34. The molecule has 1 aromatic carbocycles. The summed E-state index contributed by atoms with van der Waals surface area (Å²) in [6.45, 7) is 0.896. The van der Waals surface area contributed by atoms with Crippen LogP contribution in [0.15, 0.2) is 18.2 Å². The van der Waals surface area contributed by atoms with E-state index in [0.717, 1.165) is 12.1 Å². The number of aliphatic hydroxyl groups is 1. The second-order valence-corrected chi connectivity index (χ2v) is 7.02. The van der Waals surface area contributed by atoms with Gasteiger partial charge in [-0.3, -0.25) is 4.79 Å². The van der Waals surface area contributed by atoms with Crippen molar-refractivity contribution in [3.05, 3.63) is 18.2 Å². The summed E-state index contributed by atoms with van der Waals surface area (Å²) in [5, 5.41) is 9.72. The highest BCUT2D eigenvalue weighted by Gasteiger charge is 2.30. The summed E-state index contributed by atoms with van der Waals surface area (Å²) in [5.41, 5.74) is 0.792. The number of hydrogen-bond acceptors (Lipinski definition) is 5. The number of nitrogens with zero attached hydrogens (tertiary/aromatic N) is 1. The van der Waals surface area contributed by atoms with Crippen molar-refractivity contribution in [3.8, 4) is 11.5 Å². The van der Waals surface area contributed by atoms with Gasteiger partial charge in [-0.05, 0) is 24.8 Å². The van der Waals surface area contributed by atoms with Crippen LogP contribution in [-0.2, 0) is 4.79 Å². The van der Waals surface area contributed by atoms with Crippen LogP contribution >= 0.6 is 27.7 Å². The number of ether oxygens (including phenoxy) is 2. The van der Waals surface area contributed by atoms with E-state index in [1.807, 2.05) is 12.3 Å². The minimum Gasteiger partial charge on any atom is -0.493 e. The lowest BCUT2D eigenvalue weighted by Crippen LogP contribution is -2.27. The Morgan fingerprint density at radius 3 is 2.86 bits per heavy atom. The molecule has 0 aliphatic carbocycles. The molecule has 0 aromatic heterocycles. The second-order valence-electron chi connectivity index (χ2n) is 5.00. The summed E-state index contributed by atoms with van der Waals surface area (Å²) in [6.07, 6.45) is 2.21. The standard InChI is InChI=1S/C15H20BrNO4S/c1-20-14-7-10(17-6-5-12(16)15(17)19)3-4-13(14)21-8-11(18)9-22-2/h3-4,7,11-12,18H,5-6,8-9H2,1-2H3/t11-,12?/m0/s1. The molecule has 0 bridgehead atoms. The normalized spacial score (nSPS) is 19.4. The minimum atomic E-state index is -0.520.